The quantitative estimate of drug-likeness (QED) is 0.656. The molecule has 0 aromatic carbocycles. The number of aromatic nitrogens is 2. The van der Waals surface area contributed by atoms with E-state index in [0.717, 1.165) is 28.4 Å². The smallest absolute Gasteiger partial charge is 0.141 e. The molecule has 0 aliphatic heterocycles. The number of ether oxygens (including phenoxy) is 1. The summed E-state index contributed by atoms with van der Waals surface area (Å²) < 4.78 is 5.35. The van der Waals surface area contributed by atoms with Crippen molar-refractivity contribution >= 4 is 11.3 Å². The Morgan fingerprint density at radius 1 is 1.43 bits per heavy atom. The van der Waals surface area contributed by atoms with Crippen LogP contribution in [0.15, 0.2) is 23.8 Å². The molecule has 0 aliphatic rings. The van der Waals surface area contributed by atoms with Gasteiger partial charge in [-0.3, -0.25) is 16.3 Å². The van der Waals surface area contributed by atoms with Gasteiger partial charge in [0.05, 0.1) is 30.1 Å². The molecule has 114 valence electrons. The van der Waals surface area contributed by atoms with E-state index < -0.39 is 0 Å². The van der Waals surface area contributed by atoms with Crippen LogP contribution >= 0.6 is 11.3 Å². The molecule has 0 amide bonds. The van der Waals surface area contributed by atoms with Crippen LogP contribution in [0.3, 0.4) is 0 Å². The molecule has 21 heavy (non-hydrogen) atoms. The molecule has 2 aromatic heterocycles. The highest BCUT2D eigenvalue weighted by molar-refractivity contribution is 7.09. The normalized spacial score (nSPS) is 13.2. The van der Waals surface area contributed by atoms with Gasteiger partial charge in [0.2, 0.25) is 0 Å². The van der Waals surface area contributed by atoms with Crippen LogP contribution in [-0.4, -0.2) is 17.1 Å². The molecule has 0 saturated carbocycles. The Labute approximate surface area is 129 Å². The fourth-order valence-corrected chi connectivity index (χ4v) is 3.10. The summed E-state index contributed by atoms with van der Waals surface area (Å²) in [7, 11) is 1.63. The summed E-state index contributed by atoms with van der Waals surface area (Å²) in [5, 5.41) is 3.17. The number of thiazole rings is 1. The topological polar surface area (TPSA) is 73.1 Å². The molecule has 3 N–H and O–H groups in total. The second-order valence-corrected chi connectivity index (χ2v) is 6.86. The van der Waals surface area contributed by atoms with E-state index in [0.29, 0.717) is 0 Å². The first-order valence-electron chi connectivity index (χ1n) is 6.84. The maximum Gasteiger partial charge on any atom is 0.141 e. The van der Waals surface area contributed by atoms with Crippen molar-refractivity contribution in [2.24, 2.45) is 5.84 Å². The van der Waals surface area contributed by atoms with Crippen molar-refractivity contribution < 1.29 is 4.74 Å². The average Bonchev–Trinajstić information content (AvgIpc) is 2.93. The standard InChI is InChI=1S/C15H22N4OS/c1-15(2,3)13-9-21-14(18-13)7-11(19-16)10-5-6-17-8-12(10)20-4/h5-6,8-9,11,19H,7,16H2,1-4H3. The Balaban J connectivity index is 2.21. The predicted octanol–water partition coefficient (Wildman–Crippen LogP) is 2.59. The Bertz CT molecular complexity index is 591. The monoisotopic (exact) mass is 306 g/mol. The molecule has 2 rings (SSSR count). The molecule has 0 saturated heterocycles. The van der Waals surface area contributed by atoms with Crippen LogP contribution in [0.1, 0.15) is 43.1 Å². The predicted molar refractivity (Wildman–Crippen MR) is 85.4 cm³/mol. The zero-order valence-corrected chi connectivity index (χ0v) is 13.7. The molecule has 1 unspecified atom stereocenters. The van der Waals surface area contributed by atoms with Crippen molar-refractivity contribution in [3.8, 4) is 5.75 Å². The van der Waals surface area contributed by atoms with E-state index in [1.165, 1.54) is 0 Å². The lowest BCUT2D eigenvalue weighted by atomic mass is 9.93. The minimum Gasteiger partial charge on any atom is -0.495 e. The van der Waals surface area contributed by atoms with Gasteiger partial charge in [-0.05, 0) is 6.07 Å². The Kier molecular flexibility index (Phi) is 4.92. The van der Waals surface area contributed by atoms with Crippen LogP contribution in [0.5, 0.6) is 5.75 Å². The number of hydrazine groups is 1. The summed E-state index contributed by atoms with van der Waals surface area (Å²) in [5.74, 6) is 6.45. The number of rotatable bonds is 5. The van der Waals surface area contributed by atoms with Crippen LogP contribution in [0.25, 0.3) is 0 Å². The first-order chi connectivity index (χ1) is 9.95. The molecule has 5 nitrogen and oxygen atoms in total. The number of nitrogens with one attached hydrogen (secondary N) is 1. The minimum atomic E-state index is -0.0538. The summed E-state index contributed by atoms with van der Waals surface area (Å²) in [6.07, 6.45) is 4.16. The van der Waals surface area contributed by atoms with Crippen LogP contribution < -0.4 is 16.0 Å². The highest BCUT2D eigenvalue weighted by Crippen LogP contribution is 2.29. The second-order valence-electron chi connectivity index (χ2n) is 5.92. The lowest BCUT2D eigenvalue weighted by Gasteiger charge is -2.18. The molecular weight excluding hydrogens is 284 g/mol. The van der Waals surface area contributed by atoms with Gasteiger partial charge in [-0.1, -0.05) is 20.8 Å². The van der Waals surface area contributed by atoms with Crippen molar-refractivity contribution in [3.05, 3.63) is 40.1 Å². The number of methoxy groups -OCH3 is 1. The van der Waals surface area contributed by atoms with Gasteiger partial charge in [0, 0.05) is 29.0 Å². The third-order valence-corrected chi connectivity index (χ3v) is 4.18. The van der Waals surface area contributed by atoms with Gasteiger partial charge in [-0.2, -0.15) is 0 Å². The summed E-state index contributed by atoms with van der Waals surface area (Å²) in [5.41, 5.74) is 5.01. The summed E-state index contributed by atoms with van der Waals surface area (Å²) in [6.45, 7) is 6.49. The zero-order chi connectivity index (χ0) is 15.5. The first kappa shape index (κ1) is 15.9. The molecule has 0 bridgehead atoms. The maximum absolute atomic E-state index is 5.72. The Morgan fingerprint density at radius 3 is 2.76 bits per heavy atom. The van der Waals surface area contributed by atoms with Gasteiger partial charge in [0.1, 0.15) is 5.75 Å². The van der Waals surface area contributed by atoms with Gasteiger partial charge in [0.25, 0.3) is 0 Å². The van der Waals surface area contributed by atoms with Gasteiger partial charge >= 0.3 is 0 Å². The van der Waals surface area contributed by atoms with Crippen molar-refractivity contribution in [1.29, 1.82) is 0 Å². The van der Waals surface area contributed by atoms with Gasteiger partial charge < -0.3 is 4.74 Å². The van der Waals surface area contributed by atoms with E-state index in [1.807, 2.05) is 6.07 Å². The SMILES string of the molecule is COc1cnccc1C(Cc1nc(C(C)(C)C)cs1)NN. The molecule has 6 heteroatoms. The summed E-state index contributed by atoms with van der Waals surface area (Å²) >= 11 is 1.67. The van der Waals surface area contributed by atoms with Crippen LogP contribution in [0.4, 0.5) is 0 Å². The highest BCUT2D eigenvalue weighted by Gasteiger charge is 2.20. The van der Waals surface area contributed by atoms with Crippen LogP contribution in [-0.2, 0) is 11.8 Å². The van der Waals surface area contributed by atoms with Crippen molar-refractivity contribution in [2.45, 2.75) is 38.6 Å². The molecule has 2 aromatic rings. The number of nitrogens with zero attached hydrogens (tertiary/aromatic N) is 2. The molecule has 0 aliphatic carbocycles. The van der Waals surface area contributed by atoms with Crippen LogP contribution in [0, 0.1) is 0 Å². The maximum atomic E-state index is 5.72. The van der Waals surface area contributed by atoms with Crippen LogP contribution in [0.2, 0.25) is 0 Å². The fourth-order valence-electron chi connectivity index (χ4n) is 2.03. The number of hydrogen-bond acceptors (Lipinski definition) is 6. The number of hydrogen-bond donors (Lipinski definition) is 2. The molecule has 0 fully saturated rings. The van der Waals surface area contributed by atoms with E-state index in [4.69, 9.17) is 15.6 Å². The fraction of sp³-hybridized carbons (Fsp3) is 0.467. The molecule has 0 spiro atoms. The van der Waals surface area contributed by atoms with E-state index in [2.05, 4.69) is 36.6 Å². The third kappa shape index (κ3) is 3.78. The van der Waals surface area contributed by atoms with Gasteiger partial charge in [-0.15, -0.1) is 11.3 Å². The Hall–Kier alpha value is -1.50. The minimum absolute atomic E-state index is 0.0538. The number of pyridine rings is 1. The molecule has 1 atom stereocenters. The van der Waals surface area contributed by atoms with E-state index in [9.17, 15) is 0 Å². The first-order valence-corrected chi connectivity index (χ1v) is 7.72. The largest absolute Gasteiger partial charge is 0.495 e. The van der Waals surface area contributed by atoms with Crippen molar-refractivity contribution in [2.75, 3.05) is 7.11 Å². The Morgan fingerprint density at radius 2 is 2.19 bits per heavy atom. The second kappa shape index (κ2) is 6.51. The molecular formula is C15H22N4OS. The van der Waals surface area contributed by atoms with Gasteiger partial charge in [-0.25, -0.2) is 4.98 Å². The lowest BCUT2D eigenvalue weighted by Crippen LogP contribution is -2.30. The van der Waals surface area contributed by atoms with Gasteiger partial charge in [0.15, 0.2) is 0 Å². The van der Waals surface area contributed by atoms with Crippen molar-refractivity contribution in [1.82, 2.24) is 15.4 Å². The summed E-state index contributed by atoms with van der Waals surface area (Å²) in [6, 6.07) is 1.86. The van der Waals surface area contributed by atoms with E-state index in [-0.39, 0.29) is 11.5 Å². The highest BCUT2D eigenvalue weighted by atomic mass is 32.1. The van der Waals surface area contributed by atoms with Crippen molar-refractivity contribution in [3.63, 3.8) is 0 Å². The molecule has 2 heterocycles. The van der Waals surface area contributed by atoms with E-state index in [1.54, 1.807) is 30.8 Å². The number of nitrogens with two attached hydrogens (primary N) is 1. The summed E-state index contributed by atoms with van der Waals surface area (Å²) in [4.78, 5) is 8.79. The van der Waals surface area contributed by atoms with E-state index >= 15 is 0 Å². The third-order valence-electron chi connectivity index (χ3n) is 3.31. The molecule has 0 radical (unpaired) electrons. The average molecular weight is 306 g/mol. The lowest BCUT2D eigenvalue weighted by molar-refractivity contribution is 0.397. The zero-order valence-electron chi connectivity index (χ0n) is 12.9.